The third kappa shape index (κ3) is 3.75. The van der Waals surface area contributed by atoms with Crippen LogP contribution >= 0.6 is 0 Å². The molecule has 0 aromatic heterocycles. The summed E-state index contributed by atoms with van der Waals surface area (Å²) in [6.07, 6.45) is 0. The van der Waals surface area contributed by atoms with E-state index in [4.69, 9.17) is 10.8 Å². The molecule has 0 unspecified atom stereocenters. The molecule has 1 aromatic rings. The Morgan fingerprint density at radius 3 is 2.35 bits per heavy atom. The molecule has 0 bridgehead atoms. The van der Waals surface area contributed by atoms with E-state index in [0.29, 0.717) is 13.1 Å². The van der Waals surface area contributed by atoms with E-state index in [1.807, 2.05) is 4.90 Å². The number of carboxylic acid groups (broad SMARTS) is 1. The van der Waals surface area contributed by atoms with Gasteiger partial charge in [0.1, 0.15) is 11.9 Å². The Hall–Kier alpha value is -1.50. The van der Waals surface area contributed by atoms with E-state index in [-0.39, 0.29) is 12.4 Å². The highest BCUT2D eigenvalue weighted by atomic mass is 19.1. The van der Waals surface area contributed by atoms with Crippen LogP contribution in [-0.2, 0) is 11.3 Å². The molecule has 20 heavy (non-hydrogen) atoms. The number of carbonyl (C=O) groups is 1. The first kappa shape index (κ1) is 14.9. The highest BCUT2D eigenvalue weighted by Gasteiger charge is 2.27. The number of benzene rings is 1. The second-order valence-electron chi connectivity index (χ2n) is 5.03. The second-order valence-corrected chi connectivity index (χ2v) is 5.03. The van der Waals surface area contributed by atoms with Gasteiger partial charge in [0.05, 0.1) is 0 Å². The van der Waals surface area contributed by atoms with Gasteiger partial charge < -0.3 is 10.8 Å². The molecule has 1 aliphatic rings. The monoisotopic (exact) mass is 281 g/mol. The fraction of sp³-hybridized carbons (Fsp3) is 0.500. The largest absolute Gasteiger partial charge is 0.480 e. The molecule has 0 spiro atoms. The number of halogens is 1. The summed E-state index contributed by atoms with van der Waals surface area (Å²) in [6, 6.07) is 5.88. The van der Waals surface area contributed by atoms with Crippen LogP contribution in [0, 0.1) is 5.82 Å². The number of hydrogen-bond acceptors (Lipinski definition) is 4. The molecule has 1 aliphatic heterocycles. The van der Waals surface area contributed by atoms with Gasteiger partial charge in [-0.05, 0) is 17.7 Å². The van der Waals surface area contributed by atoms with E-state index >= 15 is 0 Å². The van der Waals surface area contributed by atoms with Gasteiger partial charge in [-0.1, -0.05) is 12.1 Å². The molecule has 0 aliphatic carbocycles. The van der Waals surface area contributed by atoms with Crippen LogP contribution in [0.4, 0.5) is 4.39 Å². The van der Waals surface area contributed by atoms with Gasteiger partial charge in [-0.25, -0.2) is 4.39 Å². The van der Waals surface area contributed by atoms with E-state index in [1.54, 1.807) is 12.1 Å². The molecule has 1 heterocycles. The lowest BCUT2D eigenvalue weighted by Crippen LogP contribution is -2.54. The van der Waals surface area contributed by atoms with Crippen molar-refractivity contribution in [1.82, 2.24) is 9.80 Å². The van der Waals surface area contributed by atoms with Crippen molar-refractivity contribution in [3.63, 3.8) is 0 Å². The first-order valence-corrected chi connectivity index (χ1v) is 6.74. The quantitative estimate of drug-likeness (QED) is 0.815. The molecule has 1 fully saturated rings. The molecular formula is C14H20FN3O2. The number of nitrogens with two attached hydrogens (primary N) is 1. The maximum absolute atomic E-state index is 12.8. The minimum absolute atomic E-state index is 0.132. The van der Waals surface area contributed by atoms with E-state index in [9.17, 15) is 9.18 Å². The summed E-state index contributed by atoms with van der Waals surface area (Å²) in [4.78, 5) is 15.2. The minimum atomic E-state index is -0.862. The maximum atomic E-state index is 12.8. The highest BCUT2D eigenvalue weighted by Crippen LogP contribution is 2.11. The van der Waals surface area contributed by atoms with Crippen LogP contribution in [0.25, 0.3) is 0 Å². The normalized spacial score (nSPS) is 18.9. The summed E-state index contributed by atoms with van der Waals surface area (Å²) < 4.78 is 12.8. The minimum Gasteiger partial charge on any atom is -0.480 e. The molecule has 0 saturated carbocycles. The van der Waals surface area contributed by atoms with Crippen molar-refractivity contribution in [2.24, 2.45) is 5.73 Å². The smallest absolute Gasteiger partial charge is 0.322 e. The zero-order valence-electron chi connectivity index (χ0n) is 11.3. The number of piperazine rings is 1. The molecule has 1 atom stereocenters. The lowest BCUT2D eigenvalue weighted by molar-refractivity contribution is -0.143. The first-order chi connectivity index (χ1) is 9.60. The highest BCUT2D eigenvalue weighted by molar-refractivity contribution is 5.73. The van der Waals surface area contributed by atoms with Crippen LogP contribution in [0.2, 0.25) is 0 Å². The summed E-state index contributed by atoms with van der Waals surface area (Å²) in [7, 11) is 0. The molecule has 6 heteroatoms. The topological polar surface area (TPSA) is 69.8 Å². The van der Waals surface area contributed by atoms with Gasteiger partial charge in [0.2, 0.25) is 0 Å². The predicted molar refractivity (Wildman–Crippen MR) is 73.7 cm³/mol. The number of aliphatic carboxylic acids is 1. The van der Waals surface area contributed by atoms with Crippen LogP contribution in [0.5, 0.6) is 0 Å². The van der Waals surface area contributed by atoms with Gasteiger partial charge in [-0.3, -0.25) is 14.6 Å². The van der Waals surface area contributed by atoms with Gasteiger partial charge >= 0.3 is 5.97 Å². The van der Waals surface area contributed by atoms with Crippen molar-refractivity contribution < 1.29 is 14.3 Å². The van der Waals surface area contributed by atoms with E-state index in [2.05, 4.69) is 4.90 Å². The number of rotatable bonds is 5. The van der Waals surface area contributed by atoms with Gasteiger partial charge in [-0.2, -0.15) is 0 Å². The second kappa shape index (κ2) is 6.78. The first-order valence-electron chi connectivity index (χ1n) is 6.74. The van der Waals surface area contributed by atoms with E-state index in [0.717, 1.165) is 25.2 Å². The molecule has 3 N–H and O–H groups in total. The fourth-order valence-electron chi connectivity index (χ4n) is 2.49. The lowest BCUT2D eigenvalue weighted by atomic mass is 10.1. The molecule has 0 amide bonds. The summed E-state index contributed by atoms with van der Waals surface area (Å²) in [5, 5.41) is 9.08. The van der Waals surface area contributed by atoms with Crippen LogP contribution in [0.3, 0.4) is 0 Å². The number of nitrogens with zero attached hydrogens (tertiary/aromatic N) is 2. The SMILES string of the molecule is NC[C@@H](C(=O)O)N1CCN(Cc2ccc(F)cc2)CC1. The molecule has 2 rings (SSSR count). The Labute approximate surface area is 117 Å². The third-order valence-electron chi connectivity index (χ3n) is 3.68. The van der Waals surface area contributed by atoms with Crippen molar-refractivity contribution in [2.45, 2.75) is 12.6 Å². The Morgan fingerprint density at radius 2 is 1.85 bits per heavy atom. The third-order valence-corrected chi connectivity index (χ3v) is 3.68. The standard InChI is InChI=1S/C14H20FN3O2/c15-12-3-1-11(2-4-12)10-17-5-7-18(8-6-17)13(9-16)14(19)20/h1-4,13H,5-10,16H2,(H,19,20)/t13-/m0/s1. The van der Waals surface area contributed by atoms with Gasteiger partial charge in [-0.15, -0.1) is 0 Å². The van der Waals surface area contributed by atoms with Gasteiger partial charge in [0, 0.05) is 39.3 Å². The van der Waals surface area contributed by atoms with Gasteiger partial charge in [0.25, 0.3) is 0 Å². The summed E-state index contributed by atoms with van der Waals surface area (Å²) in [5.74, 6) is -1.09. The Balaban J connectivity index is 1.85. The Kier molecular flexibility index (Phi) is 5.05. The Morgan fingerprint density at radius 1 is 1.25 bits per heavy atom. The maximum Gasteiger partial charge on any atom is 0.322 e. The molecule has 5 nitrogen and oxygen atoms in total. The van der Waals surface area contributed by atoms with Crippen molar-refractivity contribution >= 4 is 5.97 Å². The molecule has 110 valence electrons. The summed E-state index contributed by atoms with van der Waals surface area (Å²) >= 11 is 0. The zero-order chi connectivity index (χ0) is 14.5. The van der Waals surface area contributed by atoms with Crippen LogP contribution < -0.4 is 5.73 Å². The van der Waals surface area contributed by atoms with Crippen LogP contribution in [0.1, 0.15) is 5.56 Å². The van der Waals surface area contributed by atoms with Crippen LogP contribution in [-0.4, -0.2) is 59.6 Å². The molecule has 0 radical (unpaired) electrons. The fourth-order valence-corrected chi connectivity index (χ4v) is 2.49. The summed E-state index contributed by atoms with van der Waals surface area (Å²) in [6.45, 7) is 3.86. The Bertz CT molecular complexity index is 444. The summed E-state index contributed by atoms with van der Waals surface area (Å²) in [5.41, 5.74) is 6.57. The van der Waals surface area contributed by atoms with E-state index < -0.39 is 12.0 Å². The van der Waals surface area contributed by atoms with Crippen molar-refractivity contribution in [2.75, 3.05) is 32.7 Å². The number of carboxylic acids is 1. The van der Waals surface area contributed by atoms with Gasteiger partial charge in [0.15, 0.2) is 0 Å². The lowest BCUT2D eigenvalue weighted by Gasteiger charge is -2.37. The zero-order valence-corrected chi connectivity index (χ0v) is 11.3. The van der Waals surface area contributed by atoms with Crippen molar-refractivity contribution in [3.05, 3.63) is 35.6 Å². The van der Waals surface area contributed by atoms with Crippen LogP contribution in [0.15, 0.2) is 24.3 Å². The molecule has 1 saturated heterocycles. The predicted octanol–water partition coefficient (Wildman–Crippen LogP) is 0.355. The average Bonchev–Trinajstić information content (AvgIpc) is 2.44. The molecule has 1 aromatic carbocycles. The van der Waals surface area contributed by atoms with E-state index in [1.165, 1.54) is 12.1 Å². The van der Waals surface area contributed by atoms with Crippen molar-refractivity contribution in [1.29, 1.82) is 0 Å². The molecular weight excluding hydrogens is 261 g/mol. The van der Waals surface area contributed by atoms with Crippen molar-refractivity contribution in [3.8, 4) is 0 Å². The number of hydrogen-bond donors (Lipinski definition) is 2. The average molecular weight is 281 g/mol.